The molecule has 0 aromatic carbocycles. The van der Waals surface area contributed by atoms with E-state index in [0.29, 0.717) is 18.0 Å². The summed E-state index contributed by atoms with van der Waals surface area (Å²) in [6.07, 6.45) is 0. The van der Waals surface area contributed by atoms with Crippen LogP contribution in [0.2, 0.25) is 0 Å². The average Bonchev–Trinajstić information content (AvgIpc) is 2.69. The second-order valence-electron chi connectivity index (χ2n) is 4.75. The van der Waals surface area contributed by atoms with Gasteiger partial charge in [-0.15, -0.1) is 0 Å². The number of nitrogens with zero attached hydrogens (tertiary/aromatic N) is 1. The van der Waals surface area contributed by atoms with Gasteiger partial charge in [0, 0.05) is 36.2 Å². The Labute approximate surface area is 96.3 Å². The summed E-state index contributed by atoms with van der Waals surface area (Å²) in [5, 5.41) is 7.99. The molecular weight excluding hydrogens is 204 g/mol. The SMILES string of the molecule is CC1CN(c2ccsc2)C(C(C)C)CN1. The molecule has 1 aliphatic rings. The number of hydrogen-bond acceptors (Lipinski definition) is 3. The lowest BCUT2D eigenvalue weighted by Gasteiger charge is -2.42. The predicted octanol–water partition coefficient (Wildman–Crippen LogP) is 2.57. The van der Waals surface area contributed by atoms with Crippen molar-refractivity contribution in [2.24, 2.45) is 5.92 Å². The molecule has 1 fully saturated rings. The van der Waals surface area contributed by atoms with Gasteiger partial charge < -0.3 is 10.2 Å². The van der Waals surface area contributed by atoms with Gasteiger partial charge in [-0.25, -0.2) is 0 Å². The van der Waals surface area contributed by atoms with Gasteiger partial charge in [0.1, 0.15) is 0 Å². The van der Waals surface area contributed by atoms with Crippen molar-refractivity contribution in [3.63, 3.8) is 0 Å². The standard InChI is InChI=1S/C12H20N2S/c1-9(2)12-6-13-10(3)7-14(12)11-4-5-15-8-11/h4-5,8-10,12-13H,6-7H2,1-3H3. The van der Waals surface area contributed by atoms with Crippen LogP contribution in [0.15, 0.2) is 16.8 Å². The number of thiophene rings is 1. The van der Waals surface area contributed by atoms with E-state index < -0.39 is 0 Å². The lowest BCUT2D eigenvalue weighted by atomic mass is 9.98. The molecule has 15 heavy (non-hydrogen) atoms. The highest BCUT2D eigenvalue weighted by molar-refractivity contribution is 7.08. The molecule has 1 aromatic heterocycles. The Morgan fingerprint density at radius 3 is 2.93 bits per heavy atom. The molecule has 0 aliphatic carbocycles. The quantitative estimate of drug-likeness (QED) is 0.830. The van der Waals surface area contributed by atoms with Crippen molar-refractivity contribution >= 4 is 17.0 Å². The number of hydrogen-bond donors (Lipinski definition) is 1. The molecule has 0 amide bonds. The summed E-state index contributed by atoms with van der Waals surface area (Å²) in [6.45, 7) is 9.10. The molecule has 0 radical (unpaired) electrons. The first-order chi connectivity index (χ1) is 7.18. The maximum absolute atomic E-state index is 3.57. The van der Waals surface area contributed by atoms with Crippen molar-refractivity contribution in [1.29, 1.82) is 0 Å². The predicted molar refractivity (Wildman–Crippen MR) is 67.8 cm³/mol. The van der Waals surface area contributed by atoms with Gasteiger partial charge in [0.05, 0.1) is 0 Å². The zero-order valence-corrected chi connectivity index (χ0v) is 10.6. The Morgan fingerprint density at radius 1 is 1.53 bits per heavy atom. The largest absolute Gasteiger partial charge is 0.365 e. The van der Waals surface area contributed by atoms with Crippen LogP contribution in [0.3, 0.4) is 0 Å². The third kappa shape index (κ3) is 2.34. The summed E-state index contributed by atoms with van der Waals surface area (Å²) in [5.74, 6) is 0.699. The lowest BCUT2D eigenvalue weighted by molar-refractivity contribution is 0.349. The summed E-state index contributed by atoms with van der Waals surface area (Å²) in [5.41, 5.74) is 1.40. The van der Waals surface area contributed by atoms with Gasteiger partial charge >= 0.3 is 0 Å². The highest BCUT2D eigenvalue weighted by Crippen LogP contribution is 2.25. The molecule has 2 heterocycles. The Kier molecular flexibility index (Phi) is 3.32. The first-order valence-electron chi connectivity index (χ1n) is 5.70. The zero-order chi connectivity index (χ0) is 10.8. The van der Waals surface area contributed by atoms with Crippen LogP contribution in [0.5, 0.6) is 0 Å². The van der Waals surface area contributed by atoms with E-state index in [1.54, 1.807) is 11.3 Å². The maximum atomic E-state index is 3.57. The molecule has 0 bridgehead atoms. The highest BCUT2D eigenvalue weighted by Gasteiger charge is 2.28. The van der Waals surface area contributed by atoms with Crippen molar-refractivity contribution < 1.29 is 0 Å². The summed E-state index contributed by atoms with van der Waals surface area (Å²) in [4.78, 5) is 2.56. The molecule has 1 aliphatic heterocycles. The smallest absolute Gasteiger partial charge is 0.0478 e. The zero-order valence-electron chi connectivity index (χ0n) is 9.73. The average molecular weight is 224 g/mol. The molecule has 84 valence electrons. The second kappa shape index (κ2) is 4.54. The molecule has 2 unspecified atom stereocenters. The lowest BCUT2D eigenvalue weighted by Crippen LogP contribution is -2.57. The third-order valence-electron chi connectivity index (χ3n) is 3.15. The van der Waals surface area contributed by atoms with E-state index in [9.17, 15) is 0 Å². The maximum Gasteiger partial charge on any atom is 0.0478 e. The number of piperazine rings is 1. The molecular formula is C12H20N2S. The summed E-state index contributed by atoms with van der Waals surface area (Å²) >= 11 is 1.79. The molecule has 2 rings (SSSR count). The molecule has 1 aromatic rings. The van der Waals surface area contributed by atoms with Crippen molar-refractivity contribution in [1.82, 2.24) is 5.32 Å². The monoisotopic (exact) mass is 224 g/mol. The van der Waals surface area contributed by atoms with Crippen LogP contribution in [-0.4, -0.2) is 25.2 Å². The minimum absolute atomic E-state index is 0.597. The first-order valence-corrected chi connectivity index (χ1v) is 6.65. The van der Waals surface area contributed by atoms with Crippen LogP contribution in [0, 0.1) is 5.92 Å². The van der Waals surface area contributed by atoms with Crippen LogP contribution < -0.4 is 10.2 Å². The van der Waals surface area contributed by atoms with Crippen LogP contribution in [-0.2, 0) is 0 Å². The number of nitrogens with one attached hydrogen (secondary N) is 1. The van der Waals surface area contributed by atoms with Crippen molar-refractivity contribution in [3.8, 4) is 0 Å². The van der Waals surface area contributed by atoms with E-state index in [-0.39, 0.29) is 0 Å². The van der Waals surface area contributed by atoms with Crippen molar-refractivity contribution in [2.45, 2.75) is 32.9 Å². The van der Waals surface area contributed by atoms with Gasteiger partial charge in [-0.1, -0.05) is 13.8 Å². The molecule has 1 N–H and O–H groups in total. The van der Waals surface area contributed by atoms with E-state index in [1.165, 1.54) is 5.69 Å². The fourth-order valence-corrected chi connectivity index (χ4v) is 2.89. The minimum atomic E-state index is 0.597. The molecule has 1 saturated heterocycles. The number of rotatable bonds is 2. The second-order valence-corrected chi connectivity index (χ2v) is 5.53. The summed E-state index contributed by atoms with van der Waals surface area (Å²) in [7, 11) is 0. The van der Waals surface area contributed by atoms with Crippen LogP contribution in [0.4, 0.5) is 5.69 Å². The van der Waals surface area contributed by atoms with Crippen molar-refractivity contribution in [3.05, 3.63) is 16.8 Å². The molecule has 2 nitrogen and oxygen atoms in total. The van der Waals surface area contributed by atoms with Gasteiger partial charge in [-0.05, 0) is 24.3 Å². The molecule has 0 spiro atoms. The first kappa shape index (κ1) is 11.0. The minimum Gasteiger partial charge on any atom is -0.365 e. The van der Waals surface area contributed by atoms with E-state index in [0.717, 1.165) is 13.1 Å². The molecule has 3 heteroatoms. The number of anilines is 1. The fourth-order valence-electron chi connectivity index (χ4n) is 2.24. The van der Waals surface area contributed by atoms with Gasteiger partial charge in [-0.3, -0.25) is 0 Å². The van der Waals surface area contributed by atoms with Crippen LogP contribution in [0.1, 0.15) is 20.8 Å². The third-order valence-corrected chi connectivity index (χ3v) is 3.82. The molecule has 0 saturated carbocycles. The van der Waals surface area contributed by atoms with Gasteiger partial charge in [0.15, 0.2) is 0 Å². The Hall–Kier alpha value is -0.540. The van der Waals surface area contributed by atoms with E-state index >= 15 is 0 Å². The van der Waals surface area contributed by atoms with Gasteiger partial charge in [0.2, 0.25) is 0 Å². The Bertz CT molecular complexity index is 295. The van der Waals surface area contributed by atoms with Gasteiger partial charge in [-0.2, -0.15) is 11.3 Å². The topological polar surface area (TPSA) is 15.3 Å². The van der Waals surface area contributed by atoms with Crippen LogP contribution in [0.25, 0.3) is 0 Å². The van der Waals surface area contributed by atoms with Gasteiger partial charge in [0.25, 0.3) is 0 Å². The van der Waals surface area contributed by atoms with Crippen molar-refractivity contribution in [2.75, 3.05) is 18.0 Å². The molecule has 2 atom stereocenters. The van der Waals surface area contributed by atoms with Crippen LogP contribution >= 0.6 is 11.3 Å². The van der Waals surface area contributed by atoms with E-state index in [4.69, 9.17) is 0 Å². The fraction of sp³-hybridized carbons (Fsp3) is 0.667. The summed E-state index contributed by atoms with van der Waals surface area (Å²) < 4.78 is 0. The highest BCUT2D eigenvalue weighted by atomic mass is 32.1. The Morgan fingerprint density at radius 2 is 2.33 bits per heavy atom. The van der Waals surface area contributed by atoms with E-state index in [2.05, 4.69) is 47.8 Å². The normalized spacial score (nSPS) is 27.3. The Balaban J connectivity index is 2.17. The van der Waals surface area contributed by atoms with E-state index in [1.807, 2.05) is 0 Å². The summed E-state index contributed by atoms with van der Waals surface area (Å²) in [6, 6.07) is 3.47.